The highest BCUT2D eigenvalue weighted by Crippen LogP contribution is 2.28. The molecule has 0 aliphatic rings. The van der Waals surface area contributed by atoms with Crippen molar-refractivity contribution >= 4 is 11.3 Å². The summed E-state index contributed by atoms with van der Waals surface area (Å²) < 4.78 is 7.36. The lowest BCUT2D eigenvalue weighted by Gasteiger charge is -2.07. The van der Waals surface area contributed by atoms with Crippen LogP contribution in [0.5, 0.6) is 0 Å². The number of aromatic nitrogens is 3. The van der Waals surface area contributed by atoms with Gasteiger partial charge in [0.2, 0.25) is 0 Å². The Morgan fingerprint density at radius 1 is 1.32 bits per heavy atom. The zero-order valence-corrected chi connectivity index (χ0v) is 12.0. The fourth-order valence-corrected chi connectivity index (χ4v) is 3.08. The number of aryl methyl sites for hydroxylation is 3. The molecule has 0 fully saturated rings. The Bertz CT molecular complexity index is 688. The zero-order valence-electron chi connectivity index (χ0n) is 11.2. The van der Waals surface area contributed by atoms with Gasteiger partial charge in [-0.25, -0.2) is 4.98 Å². The lowest BCUT2D eigenvalue weighted by Crippen LogP contribution is -2.02. The molecule has 0 aliphatic carbocycles. The molecule has 98 valence electrons. The largest absolute Gasteiger partial charge is 0.361 e. The molecule has 3 heterocycles. The second-order valence-electron chi connectivity index (χ2n) is 4.61. The monoisotopic (exact) mass is 273 g/mol. The average molecular weight is 273 g/mol. The highest BCUT2D eigenvalue weighted by molar-refractivity contribution is 7.13. The van der Waals surface area contributed by atoms with E-state index in [0.717, 1.165) is 29.4 Å². The fourth-order valence-electron chi connectivity index (χ4n) is 2.15. The van der Waals surface area contributed by atoms with Crippen molar-refractivity contribution < 1.29 is 4.52 Å². The standard InChI is InChI=1S/C14H15N3OS/c1-9-4-7-19-13(9)14-15-5-6-17(14)8-12-10(2)16-18-11(12)3/h4-7H,8H2,1-3H3. The zero-order chi connectivity index (χ0) is 13.4. The van der Waals surface area contributed by atoms with Gasteiger partial charge in [0.05, 0.1) is 17.1 Å². The molecular weight excluding hydrogens is 258 g/mol. The van der Waals surface area contributed by atoms with E-state index >= 15 is 0 Å². The van der Waals surface area contributed by atoms with Crippen LogP contribution in [-0.4, -0.2) is 14.7 Å². The van der Waals surface area contributed by atoms with Crippen molar-refractivity contribution in [2.45, 2.75) is 27.3 Å². The Balaban J connectivity index is 2.00. The van der Waals surface area contributed by atoms with Crippen LogP contribution in [0.4, 0.5) is 0 Å². The third-order valence-corrected chi connectivity index (χ3v) is 4.30. The summed E-state index contributed by atoms with van der Waals surface area (Å²) in [5, 5.41) is 6.10. The van der Waals surface area contributed by atoms with Gasteiger partial charge in [-0.2, -0.15) is 0 Å². The van der Waals surface area contributed by atoms with Crippen LogP contribution < -0.4 is 0 Å². The van der Waals surface area contributed by atoms with Gasteiger partial charge in [0.15, 0.2) is 5.82 Å². The van der Waals surface area contributed by atoms with Crippen LogP contribution in [0.2, 0.25) is 0 Å². The summed E-state index contributed by atoms with van der Waals surface area (Å²) in [5.74, 6) is 1.88. The molecule has 0 unspecified atom stereocenters. The summed E-state index contributed by atoms with van der Waals surface area (Å²) in [7, 11) is 0. The predicted octanol–water partition coefficient (Wildman–Crippen LogP) is 3.57. The molecule has 0 aliphatic heterocycles. The van der Waals surface area contributed by atoms with Gasteiger partial charge in [0, 0.05) is 18.0 Å². The van der Waals surface area contributed by atoms with Crippen LogP contribution in [0.15, 0.2) is 28.4 Å². The van der Waals surface area contributed by atoms with E-state index in [1.165, 1.54) is 10.4 Å². The van der Waals surface area contributed by atoms with E-state index in [2.05, 4.69) is 33.1 Å². The molecule has 0 bridgehead atoms. The number of hydrogen-bond acceptors (Lipinski definition) is 4. The lowest BCUT2D eigenvalue weighted by atomic mass is 10.2. The average Bonchev–Trinajstić information content (AvgIpc) is 3.06. The smallest absolute Gasteiger partial charge is 0.150 e. The maximum Gasteiger partial charge on any atom is 0.150 e. The van der Waals surface area contributed by atoms with Gasteiger partial charge in [-0.15, -0.1) is 11.3 Å². The van der Waals surface area contributed by atoms with Crippen molar-refractivity contribution in [3.8, 4) is 10.7 Å². The molecule has 0 spiro atoms. The molecule has 19 heavy (non-hydrogen) atoms. The van der Waals surface area contributed by atoms with E-state index in [-0.39, 0.29) is 0 Å². The minimum absolute atomic E-state index is 0.744. The molecule has 0 saturated heterocycles. The van der Waals surface area contributed by atoms with Gasteiger partial charge in [-0.3, -0.25) is 0 Å². The molecule has 3 rings (SSSR count). The molecule has 0 saturated carbocycles. The van der Waals surface area contributed by atoms with E-state index < -0.39 is 0 Å². The Morgan fingerprint density at radius 3 is 2.79 bits per heavy atom. The minimum atomic E-state index is 0.744. The molecule has 5 heteroatoms. The Morgan fingerprint density at radius 2 is 2.16 bits per heavy atom. The summed E-state index contributed by atoms with van der Waals surface area (Å²) in [6, 6.07) is 2.12. The number of imidazole rings is 1. The topological polar surface area (TPSA) is 43.9 Å². The molecule has 0 amide bonds. The number of hydrogen-bond donors (Lipinski definition) is 0. The van der Waals surface area contributed by atoms with Crippen LogP contribution in [-0.2, 0) is 6.54 Å². The summed E-state index contributed by atoms with van der Waals surface area (Å²) in [6.07, 6.45) is 3.84. The van der Waals surface area contributed by atoms with Crippen molar-refractivity contribution in [3.05, 3.63) is 46.4 Å². The van der Waals surface area contributed by atoms with E-state index in [0.29, 0.717) is 0 Å². The molecular formula is C14H15N3OS. The summed E-state index contributed by atoms with van der Waals surface area (Å²) in [4.78, 5) is 5.70. The van der Waals surface area contributed by atoms with Crippen molar-refractivity contribution in [2.24, 2.45) is 0 Å². The van der Waals surface area contributed by atoms with E-state index in [4.69, 9.17) is 4.52 Å². The van der Waals surface area contributed by atoms with Gasteiger partial charge >= 0.3 is 0 Å². The third kappa shape index (κ3) is 2.10. The van der Waals surface area contributed by atoms with Crippen molar-refractivity contribution in [3.63, 3.8) is 0 Å². The first kappa shape index (κ1) is 12.2. The first-order valence-corrected chi connectivity index (χ1v) is 7.02. The molecule has 0 radical (unpaired) electrons. The highest BCUT2D eigenvalue weighted by Gasteiger charge is 2.14. The first-order valence-electron chi connectivity index (χ1n) is 6.14. The maximum atomic E-state index is 5.22. The minimum Gasteiger partial charge on any atom is -0.361 e. The van der Waals surface area contributed by atoms with Gasteiger partial charge in [0.25, 0.3) is 0 Å². The van der Waals surface area contributed by atoms with Crippen molar-refractivity contribution in [1.29, 1.82) is 0 Å². The van der Waals surface area contributed by atoms with Crippen molar-refractivity contribution in [1.82, 2.24) is 14.7 Å². The van der Waals surface area contributed by atoms with Gasteiger partial charge in [0.1, 0.15) is 5.76 Å². The Kier molecular flexibility index (Phi) is 2.98. The van der Waals surface area contributed by atoms with Gasteiger partial charge in [-0.1, -0.05) is 5.16 Å². The second kappa shape index (κ2) is 4.66. The van der Waals surface area contributed by atoms with Crippen molar-refractivity contribution in [2.75, 3.05) is 0 Å². The molecule has 3 aromatic heterocycles. The van der Waals surface area contributed by atoms with Crippen LogP contribution in [0, 0.1) is 20.8 Å². The molecule has 4 nitrogen and oxygen atoms in total. The van der Waals surface area contributed by atoms with Crippen LogP contribution in [0.1, 0.15) is 22.6 Å². The predicted molar refractivity (Wildman–Crippen MR) is 75.4 cm³/mol. The van der Waals surface area contributed by atoms with Crippen LogP contribution >= 0.6 is 11.3 Å². The maximum absolute atomic E-state index is 5.22. The van der Waals surface area contributed by atoms with Crippen LogP contribution in [0.25, 0.3) is 10.7 Å². The number of thiophene rings is 1. The van der Waals surface area contributed by atoms with Gasteiger partial charge in [-0.05, 0) is 37.8 Å². The quantitative estimate of drug-likeness (QED) is 0.732. The summed E-state index contributed by atoms with van der Waals surface area (Å²) in [6.45, 7) is 6.77. The first-order chi connectivity index (χ1) is 9.16. The summed E-state index contributed by atoms with van der Waals surface area (Å²) >= 11 is 1.72. The van der Waals surface area contributed by atoms with E-state index in [9.17, 15) is 0 Å². The lowest BCUT2D eigenvalue weighted by molar-refractivity contribution is 0.392. The Labute approximate surface area is 115 Å². The van der Waals surface area contributed by atoms with Crippen LogP contribution in [0.3, 0.4) is 0 Å². The van der Waals surface area contributed by atoms with E-state index in [1.54, 1.807) is 11.3 Å². The SMILES string of the molecule is Cc1ccsc1-c1nccn1Cc1c(C)noc1C. The molecule has 3 aromatic rings. The number of nitrogens with zero attached hydrogens (tertiary/aromatic N) is 3. The fraction of sp³-hybridized carbons (Fsp3) is 0.286. The van der Waals surface area contributed by atoms with Gasteiger partial charge < -0.3 is 9.09 Å². The highest BCUT2D eigenvalue weighted by atomic mass is 32.1. The molecule has 0 aromatic carbocycles. The summed E-state index contributed by atoms with van der Waals surface area (Å²) in [5.41, 5.74) is 3.34. The normalized spacial score (nSPS) is 11.1. The third-order valence-electron chi connectivity index (χ3n) is 3.29. The van der Waals surface area contributed by atoms with E-state index in [1.807, 2.05) is 26.2 Å². The second-order valence-corrected chi connectivity index (χ2v) is 5.53. The Hall–Kier alpha value is -1.88. The molecule has 0 atom stereocenters. The molecule has 0 N–H and O–H groups in total. The number of rotatable bonds is 3.